The van der Waals surface area contributed by atoms with Crippen molar-refractivity contribution in [1.29, 1.82) is 0 Å². The number of alkyl halides is 3. The summed E-state index contributed by atoms with van der Waals surface area (Å²) in [6.45, 7) is 0. The summed E-state index contributed by atoms with van der Waals surface area (Å²) >= 11 is 6.12. The highest BCUT2D eigenvalue weighted by atomic mass is 35.5. The number of hydrogen-bond donors (Lipinski definition) is 1. The molecule has 5 nitrogen and oxygen atoms in total. The number of aryl methyl sites for hydroxylation is 1. The van der Waals surface area contributed by atoms with Crippen molar-refractivity contribution in [2.24, 2.45) is 7.05 Å². The zero-order valence-corrected chi connectivity index (χ0v) is 16.3. The predicted octanol–water partition coefficient (Wildman–Crippen LogP) is 5.56. The van der Waals surface area contributed by atoms with Crippen LogP contribution in [0, 0.1) is 0 Å². The zero-order valence-electron chi connectivity index (χ0n) is 15.5. The Morgan fingerprint density at radius 1 is 1.10 bits per heavy atom. The molecule has 0 aliphatic carbocycles. The number of anilines is 1. The standard InChI is InChI=1S/C21H14ClF3N4O/c1-29-19-15(11-26-29)14(20(30)28-17-8-3-2-7-16(17)22)10-18(27-19)12-5-4-6-13(9-12)21(23,24)25/h2-11H,1H3,(H,28,30). The van der Waals surface area contributed by atoms with Gasteiger partial charge in [-0.1, -0.05) is 35.9 Å². The second-order valence-corrected chi connectivity index (χ2v) is 6.98. The Balaban J connectivity index is 1.83. The van der Waals surface area contributed by atoms with Gasteiger partial charge in [0.25, 0.3) is 5.91 Å². The van der Waals surface area contributed by atoms with E-state index in [2.05, 4.69) is 15.4 Å². The molecule has 1 amide bonds. The van der Waals surface area contributed by atoms with Gasteiger partial charge < -0.3 is 5.32 Å². The van der Waals surface area contributed by atoms with Crippen molar-refractivity contribution in [2.45, 2.75) is 6.18 Å². The summed E-state index contributed by atoms with van der Waals surface area (Å²) in [5.41, 5.74) is 0.670. The zero-order chi connectivity index (χ0) is 21.5. The van der Waals surface area contributed by atoms with Gasteiger partial charge in [0.1, 0.15) is 0 Å². The fraction of sp³-hybridized carbons (Fsp3) is 0.0952. The molecule has 0 fully saturated rings. The molecule has 1 N–H and O–H groups in total. The highest BCUT2D eigenvalue weighted by Crippen LogP contribution is 2.33. The summed E-state index contributed by atoms with van der Waals surface area (Å²) in [6.07, 6.45) is -3.00. The van der Waals surface area contributed by atoms with Crippen LogP contribution in [0.5, 0.6) is 0 Å². The first-order chi connectivity index (χ1) is 14.2. The number of hydrogen-bond acceptors (Lipinski definition) is 3. The van der Waals surface area contributed by atoms with Gasteiger partial charge in [0.05, 0.1) is 39.1 Å². The monoisotopic (exact) mass is 430 g/mol. The molecule has 0 saturated carbocycles. The smallest absolute Gasteiger partial charge is 0.321 e. The molecule has 0 bridgehead atoms. The molecule has 0 radical (unpaired) electrons. The van der Waals surface area contributed by atoms with Crippen molar-refractivity contribution in [3.8, 4) is 11.3 Å². The molecule has 0 atom stereocenters. The van der Waals surface area contributed by atoms with E-state index in [1.807, 2.05) is 0 Å². The third-order valence-electron chi connectivity index (χ3n) is 4.56. The number of para-hydroxylation sites is 1. The number of halogens is 4. The molecule has 30 heavy (non-hydrogen) atoms. The maximum atomic E-state index is 13.1. The second kappa shape index (κ2) is 7.46. The van der Waals surface area contributed by atoms with Crippen LogP contribution in [0.1, 0.15) is 15.9 Å². The largest absolute Gasteiger partial charge is 0.416 e. The van der Waals surface area contributed by atoms with E-state index in [0.717, 1.165) is 12.1 Å². The Labute approximate surface area is 174 Å². The number of pyridine rings is 1. The molecular weight excluding hydrogens is 417 g/mol. The summed E-state index contributed by atoms with van der Waals surface area (Å²) in [4.78, 5) is 17.4. The van der Waals surface area contributed by atoms with Crippen LogP contribution in [0.2, 0.25) is 5.02 Å². The van der Waals surface area contributed by atoms with Crippen molar-refractivity contribution in [2.75, 3.05) is 5.32 Å². The average molecular weight is 431 g/mol. The van der Waals surface area contributed by atoms with E-state index in [1.165, 1.54) is 29.1 Å². The van der Waals surface area contributed by atoms with E-state index < -0.39 is 17.6 Å². The van der Waals surface area contributed by atoms with Gasteiger partial charge in [0, 0.05) is 12.6 Å². The number of nitrogens with zero attached hydrogens (tertiary/aromatic N) is 3. The molecular formula is C21H14ClF3N4O. The van der Waals surface area contributed by atoms with Crippen LogP contribution >= 0.6 is 11.6 Å². The van der Waals surface area contributed by atoms with E-state index in [4.69, 9.17) is 11.6 Å². The summed E-state index contributed by atoms with van der Waals surface area (Å²) in [5.74, 6) is -0.475. The third-order valence-corrected chi connectivity index (χ3v) is 4.89. The van der Waals surface area contributed by atoms with Gasteiger partial charge in [0.15, 0.2) is 5.65 Å². The van der Waals surface area contributed by atoms with Crippen LogP contribution in [-0.2, 0) is 13.2 Å². The molecule has 0 unspecified atom stereocenters. The quantitative estimate of drug-likeness (QED) is 0.463. The van der Waals surface area contributed by atoms with E-state index in [9.17, 15) is 18.0 Å². The number of benzene rings is 2. The fourth-order valence-corrected chi connectivity index (χ4v) is 3.24. The molecule has 2 aromatic heterocycles. The first-order valence-electron chi connectivity index (χ1n) is 8.80. The molecule has 4 rings (SSSR count). The van der Waals surface area contributed by atoms with Gasteiger partial charge in [-0.05, 0) is 30.3 Å². The van der Waals surface area contributed by atoms with Crippen LogP contribution in [0.4, 0.5) is 18.9 Å². The van der Waals surface area contributed by atoms with Gasteiger partial charge in [-0.2, -0.15) is 18.3 Å². The van der Waals surface area contributed by atoms with Crippen molar-refractivity contribution in [3.63, 3.8) is 0 Å². The first kappa shape index (κ1) is 19.9. The van der Waals surface area contributed by atoms with Crippen LogP contribution in [0.3, 0.4) is 0 Å². The summed E-state index contributed by atoms with van der Waals surface area (Å²) in [6, 6.07) is 13.0. The predicted molar refractivity (Wildman–Crippen MR) is 108 cm³/mol. The molecule has 0 saturated heterocycles. The minimum absolute atomic E-state index is 0.223. The van der Waals surface area contributed by atoms with Crippen LogP contribution in [-0.4, -0.2) is 20.7 Å². The van der Waals surface area contributed by atoms with Gasteiger partial charge >= 0.3 is 6.18 Å². The third kappa shape index (κ3) is 3.73. The molecule has 9 heteroatoms. The van der Waals surface area contributed by atoms with Crippen molar-refractivity contribution < 1.29 is 18.0 Å². The fourth-order valence-electron chi connectivity index (χ4n) is 3.06. The highest BCUT2D eigenvalue weighted by Gasteiger charge is 2.30. The summed E-state index contributed by atoms with van der Waals surface area (Å²) < 4.78 is 40.8. The number of carbonyl (C=O) groups excluding carboxylic acids is 1. The number of carbonyl (C=O) groups is 1. The molecule has 152 valence electrons. The average Bonchev–Trinajstić information content (AvgIpc) is 3.09. The topological polar surface area (TPSA) is 59.8 Å². The lowest BCUT2D eigenvalue weighted by Crippen LogP contribution is -2.13. The molecule has 2 aromatic carbocycles. The van der Waals surface area contributed by atoms with Crippen LogP contribution in [0.25, 0.3) is 22.3 Å². The SMILES string of the molecule is Cn1ncc2c(C(=O)Nc3ccccc3Cl)cc(-c3cccc(C(F)(F)F)c3)nc21. The Morgan fingerprint density at radius 3 is 2.60 bits per heavy atom. The highest BCUT2D eigenvalue weighted by molar-refractivity contribution is 6.34. The van der Waals surface area contributed by atoms with E-state index >= 15 is 0 Å². The molecule has 4 aromatic rings. The Morgan fingerprint density at radius 2 is 1.87 bits per heavy atom. The Hall–Kier alpha value is -3.39. The minimum Gasteiger partial charge on any atom is -0.321 e. The maximum absolute atomic E-state index is 13.1. The lowest BCUT2D eigenvalue weighted by atomic mass is 10.0. The van der Waals surface area contributed by atoms with Gasteiger partial charge in [0.2, 0.25) is 0 Å². The van der Waals surface area contributed by atoms with Crippen LogP contribution < -0.4 is 5.32 Å². The second-order valence-electron chi connectivity index (χ2n) is 6.57. The van der Waals surface area contributed by atoms with Crippen molar-refractivity contribution >= 4 is 34.2 Å². The van der Waals surface area contributed by atoms with Gasteiger partial charge in [-0.25, -0.2) is 4.98 Å². The minimum atomic E-state index is -4.49. The number of rotatable bonds is 3. The molecule has 2 heterocycles. The molecule has 0 aliphatic heterocycles. The maximum Gasteiger partial charge on any atom is 0.416 e. The van der Waals surface area contributed by atoms with E-state index in [0.29, 0.717) is 21.7 Å². The summed E-state index contributed by atoms with van der Waals surface area (Å²) in [7, 11) is 1.64. The lowest BCUT2D eigenvalue weighted by molar-refractivity contribution is -0.137. The van der Waals surface area contributed by atoms with E-state index in [1.54, 1.807) is 31.3 Å². The number of nitrogens with one attached hydrogen (secondary N) is 1. The number of fused-ring (bicyclic) bond motifs is 1. The first-order valence-corrected chi connectivity index (χ1v) is 9.18. The van der Waals surface area contributed by atoms with Crippen molar-refractivity contribution in [3.05, 3.63) is 76.9 Å². The van der Waals surface area contributed by atoms with Gasteiger partial charge in [-0.3, -0.25) is 9.48 Å². The van der Waals surface area contributed by atoms with E-state index in [-0.39, 0.29) is 16.8 Å². The Kier molecular flexibility index (Phi) is 4.95. The Bertz CT molecular complexity index is 1270. The number of amides is 1. The van der Waals surface area contributed by atoms with Gasteiger partial charge in [-0.15, -0.1) is 0 Å². The normalized spacial score (nSPS) is 11.6. The van der Waals surface area contributed by atoms with Crippen molar-refractivity contribution in [1.82, 2.24) is 14.8 Å². The summed E-state index contributed by atoms with van der Waals surface area (Å²) in [5, 5.41) is 7.68. The van der Waals surface area contributed by atoms with Crippen LogP contribution in [0.15, 0.2) is 60.8 Å². The molecule has 0 spiro atoms. The molecule has 0 aliphatic rings. The number of aromatic nitrogens is 3. The lowest BCUT2D eigenvalue weighted by Gasteiger charge is -2.11.